The van der Waals surface area contributed by atoms with Crippen LogP contribution in [0, 0.1) is 6.92 Å². The molecule has 1 atom stereocenters. The number of rotatable bonds is 3. The van der Waals surface area contributed by atoms with Gasteiger partial charge in [-0.05, 0) is 13.3 Å². The molecule has 5 heteroatoms. The van der Waals surface area contributed by atoms with Crippen LogP contribution in [0.2, 0.25) is 0 Å². The Morgan fingerprint density at radius 3 is 2.46 bits per heavy atom. The van der Waals surface area contributed by atoms with Gasteiger partial charge in [-0.25, -0.2) is 4.39 Å². The largest absolute Gasteiger partial charge is 0.327 e. The molecule has 0 aromatic carbocycles. The van der Waals surface area contributed by atoms with Crippen LogP contribution in [0.3, 0.4) is 0 Å². The van der Waals surface area contributed by atoms with Gasteiger partial charge in [-0.15, -0.1) is 10.2 Å². The van der Waals surface area contributed by atoms with Gasteiger partial charge in [0.2, 0.25) is 0 Å². The average molecular weight is 186 g/mol. The van der Waals surface area contributed by atoms with Crippen molar-refractivity contribution in [3.8, 4) is 0 Å². The summed E-state index contributed by atoms with van der Waals surface area (Å²) in [5.74, 6) is 1.01. The second-order valence-electron chi connectivity index (χ2n) is 3.15. The van der Waals surface area contributed by atoms with Gasteiger partial charge in [0.05, 0.1) is 0 Å². The number of hydrogen-bond acceptors (Lipinski definition) is 3. The molecule has 2 N–H and O–H groups in total. The molecule has 0 spiro atoms. The van der Waals surface area contributed by atoms with Crippen LogP contribution in [0.4, 0.5) is 4.39 Å². The van der Waals surface area contributed by atoms with Gasteiger partial charge in [0, 0.05) is 13.6 Å². The van der Waals surface area contributed by atoms with E-state index >= 15 is 0 Å². The molecule has 1 rings (SSSR count). The van der Waals surface area contributed by atoms with Crippen LogP contribution >= 0.6 is 0 Å². The van der Waals surface area contributed by atoms with Crippen molar-refractivity contribution in [1.29, 1.82) is 0 Å². The topological polar surface area (TPSA) is 56.7 Å². The van der Waals surface area contributed by atoms with Crippen molar-refractivity contribution >= 4 is 0 Å². The predicted molar refractivity (Wildman–Crippen MR) is 47.9 cm³/mol. The lowest BCUT2D eigenvalue weighted by Gasteiger charge is -2.20. The van der Waals surface area contributed by atoms with Crippen molar-refractivity contribution < 1.29 is 4.39 Å². The second-order valence-corrected chi connectivity index (χ2v) is 3.15. The summed E-state index contributed by atoms with van der Waals surface area (Å²) < 4.78 is 15.6. The van der Waals surface area contributed by atoms with Gasteiger partial charge in [0.25, 0.3) is 0 Å². The summed E-state index contributed by atoms with van der Waals surface area (Å²) >= 11 is 0. The smallest absolute Gasteiger partial charge is 0.182 e. The van der Waals surface area contributed by atoms with Crippen molar-refractivity contribution in [2.75, 3.05) is 6.54 Å². The Labute approximate surface area is 77.0 Å². The van der Waals surface area contributed by atoms with Crippen LogP contribution in [-0.2, 0) is 12.7 Å². The first kappa shape index (κ1) is 10.1. The normalized spacial score (nSPS) is 15.8. The van der Waals surface area contributed by atoms with Gasteiger partial charge in [0.1, 0.15) is 5.82 Å². The summed E-state index contributed by atoms with van der Waals surface area (Å²) in [4.78, 5) is 0. The van der Waals surface area contributed by atoms with E-state index in [2.05, 4.69) is 10.2 Å². The van der Waals surface area contributed by atoms with Gasteiger partial charge in [-0.2, -0.15) is 0 Å². The van der Waals surface area contributed by atoms with E-state index in [4.69, 9.17) is 5.73 Å². The maximum atomic E-state index is 14.0. The van der Waals surface area contributed by atoms with Gasteiger partial charge in [-0.3, -0.25) is 0 Å². The highest BCUT2D eigenvalue weighted by Crippen LogP contribution is 2.26. The monoisotopic (exact) mass is 186 g/mol. The first-order chi connectivity index (χ1) is 6.05. The van der Waals surface area contributed by atoms with E-state index in [1.165, 1.54) is 0 Å². The molecular formula is C8H15FN4. The van der Waals surface area contributed by atoms with E-state index < -0.39 is 5.67 Å². The van der Waals surface area contributed by atoms with Crippen molar-refractivity contribution in [2.45, 2.75) is 25.9 Å². The fourth-order valence-corrected chi connectivity index (χ4v) is 1.19. The molecule has 0 aliphatic heterocycles. The fraction of sp³-hybridized carbons (Fsp3) is 0.750. The van der Waals surface area contributed by atoms with Gasteiger partial charge in [-0.1, -0.05) is 6.92 Å². The average Bonchev–Trinajstić information content (AvgIpc) is 2.47. The molecule has 1 aromatic heterocycles. The van der Waals surface area contributed by atoms with Crippen LogP contribution in [0.25, 0.3) is 0 Å². The standard InChI is InChI=1S/C8H15FN4/c1-4-8(9,5-10)7-12-11-6(2)13(7)3/h4-5,10H2,1-3H3. The van der Waals surface area contributed by atoms with Crippen LogP contribution in [0.5, 0.6) is 0 Å². The molecule has 0 fully saturated rings. The highest BCUT2D eigenvalue weighted by atomic mass is 19.1. The van der Waals surface area contributed by atoms with E-state index in [0.29, 0.717) is 18.1 Å². The number of aromatic nitrogens is 3. The molecule has 0 saturated heterocycles. The van der Waals surface area contributed by atoms with Crippen molar-refractivity contribution in [3.05, 3.63) is 11.6 Å². The molecule has 0 aliphatic rings. The Morgan fingerprint density at radius 1 is 1.54 bits per heavy atom. The number of hydrogen-bond donors (Lipinski definition) is 1. The van der Waals surface area contributed by atoms with Crippen molar-refractivity contribution in [1.82, 2.24) is 14.8 Å². The van der Waals surface area contributed by atoms with Crippen LogP contribution in [0.15, 0.2) is 0 Å². The first-order valence-electron chi connectivity index (χ1n) is 4.30. The minimum atomic E-state index is -1.55. The Kier molecular flexibility index (Phi) is 2.66. The lowest BCUT2D eigenvalue weighted by Crippen LogP contribution is -2.32. The molecule has 13 heavy (non-hydrogen) atoms. The zero-order chi connectivity index (χ0) is 10.1. The highest BCUT2D eigenvalue weighted by molar-refractivity contribution is 5.05. The van der Waals surface area contributed by atoms with E-state index in [9.17, 15) is 4.39 Å². The number of nitrogens with two attached hydrogens (primary N) is 1. The summed E-state index contributed by atoms with van der Waals surface area (Å²) in [7, 11) is 1.74. The van der Waals surface area contributed by atoms with Crippen LogP contribution < -0.4 is 5.73 Å². The minimum Gasteiger partial charge on any atom is -0.327 e. The molecule has 0 aliphatic carbocycles. The quantitative estimate of drug-likeness (QED) is 0.754. The number of alkyl halides is 1. The third-order valence-electron chi connectivity index (χ3n) is 2.38. The van der Waals surface area contributed by atoms with Crippen molar-refractivity contribution in [3.63, 3.8) is 0 Å². The van der Waals surface area contributed by atoms with E-state index in [0.717, 1.165) is 0 Å². The number of aryl methyl sites for hydroxylation is 1. The van der Waals surface area contributed by atoms with Gasteiger partial charge in [0.15, 0.2) is 11.5 Å². The molecular weight excluding hydrogens is 171 g/mol. The number of nitrogens with zero attached hydrogens (tertiary/aromatic N) is 3. The molecule has 1 aromatic rings. The third-order valence-corrected chi connectivity index (χ3v) is 2.38. The van der Waals surface area contributed by atoms with Crippen molar-refractivity contribution in [2.24, 2.45) is 12.8 Å². The lowest BCUT2D eigenvalue weighted by atomic mass is 10.0. The molecule has 0 amide bonds. The van der Waals surface area contributed by atoms with Gasteiger partial charge < -0.3 is 10.3 Å². The molecule has 0 bridgehead atoms. The SMILES string of the molecule is CCC(F)(CN)c1nnc(C)n1C. The fourth-order valence-electron chi connectivity index (χ4n) is 1.19. The lowest BCUT2D eigenvalue weighted by molar-refractivity contribution is 0.151. The highest BCUT2D eigenvalue weighted by Gasteiger charge is 2.33. The summed E-state index contributed by atoms with van der Waals surface area (Å²) in [6, 6.07) is 0. The Morgan fingerprint density at radius 2 is 2.15 bits per heavy atom. The first-order valence-corrected chi connectivity index (χ1v) is 4.30. The zero-order valence-corrected chi connectivity index (χ0v) is 8.21. The molecule has 1 unspecified atom stereocenters. The van der Waals surface area contributed by atoms with Crippen LogP contribution in [-0.4, -0.2) is 21.3 Å². The zero-order valence-electron chi connectivity index (χ0n) is 8.21. The molecule has 0 saturated carbocycles. The number of halogens is 1. The minimum absolute atomic E-state index is 0.0600. The van der Waals surface area contributed by atoms with E-state index in [1.54, 1.807) is 25.5 Å². The van der Waals surface area contributed by atoms with Crippen LogP contribution in [0.1, 0.15) is 25.0 Å². The van der Waals surface area contributed by atoms with E-state index in [-0.39, 0.29) is 6.54 Å². The van der Waals surface area contributed by atoms with E-state index in [1.807, 2.05) is 0 Å². The molecule has 4 nitrogen and oxygen atoms in total. The maximum Gasteiger partial charge on any atom is 0.182 e. The third kappa shape index (κ3) is 1.56. The summed E-state index contributed by atoms with van der Waals surface area (Å²) in [6.07, 6.45) is 0.315. The second kappa shape index (κ2) is 3.41. The Balaban J connectivity index is 3.12. The maximum absolute atomic E-state index is 14.0. The van der Waals surface area contributed by atoms with Gasteiger partial charge >= 0.3 is 0 Å². The predicted octanol–water partition coefficient (Wildman–Crippen LogP) is 0.657. The summed E-state index contributed by atoms with van der Waals surface area (Å²) in [5, 5.41) is 7.58. The summed E-state index contributed by atoms with van der Waals surface area (Å²) in [6.45, 7) is 3.47. The Hall–Kier alpha value is -0.970. The molecule has 74 valence electrons. The Bertz CT molecular complexity index is 290. The summed E-state index contributed by atoms with van der Waals surface area (Å²) in [5.41, 5.74) is 3.83. The molecule has 1 heterocycles. The molecule has 0 radical (unpaired) electrons.